The van der Waals surface area contributed by atoms with Crippen LogP contribution in [0, 0.1) is 0 Å². The lowest BCUT2D eigenvalue weighted by atomic mass is 9.94. The second-order valence-corrected chi connectivity index (χ2v) is 6.26. The molecule has 3 unspecified atom stereocenters. The summed E-state index contributed by atoms with van der Waals surface area (Å²) in [5.41, 5.74) is 2.07. The van der Waals surface area contributed by atoms with Crippen LogP contribution in [0.25, 0.3) is 0 Å². The van der Waals surface area contributed by atoms with Gasteiger partial charge in [0.25, 0.3) is 0 Å². The first-order chi connectivity index (χ1) is 10.2. The van der Waals surface area contributed by atoms with Crippen molar-refractivity contribution in [3.05, 3.63) is 23.8 Å². The molecule has 116 valence electrons. The highest BCUT2D eigenvalue weighted by molar-refractivity contribution is 5.61. The Kier molecular flexibility index (Phi) is 4.36. The molecule has 1 saturated heterocycles. The van der Waals surface area contributed by atoms with Crippen LogP contribution in [-0.2, 0) is 0 Å². The molecule has 0 amide bonds. The predicted octanol–water partition coefficient (Wildman–Crippen LogP) is 2.47. The topological polar surface area (TPSA) is 44.7 Å². The van der Waals surface area contributed by atoms with Crippen molar-refractivity contribution in [1.82, 2.24) is 5.32 Å². The summed E-state index contributed by atoms with van der Waals surface area (Å²) in [7, 11) is 2.10. The number of nitrogens with one attached hydrogen (secondary N) is 1. The number of rotatable bonds is 3. The quantitative estimate of drug-likeness (QED) is 0.897. The number of anilines is 1. The maximum atomic E-state index is 10.6. The Morgan fingerprint density at radius 3 is 3.00 bits per heavy atom. The highest BCUT2D eigenvalue weighted by atomic mass is 16.5. The van der Waals surface area contributed by atoms with Crippen molar-refractivity contribution in [2.45, 2.75) is 50.9 Å². The maximum absolute atomic E-state index is 10.6. The number of likely N-dealkylation sites (N-methyl/N-ethyl adjacent to an activating group) is 1. The van der Waals surface area contributed by atoms with Crippen LogP contribution in [0.4, 0.5) is 5.69 Å². The molecule has 0 aliphatic carbocycles. The van der Waals surface area contributed by atoms with Crippen molar-refractivity contribution in [3.63, 3.8) is 0 Å². The molecule has 3 atom stereocenters. The molecule has 0 aromatic heterocycles. The van der Waals surface area contributed by atoms with Crippen molar-refractivity contribution in [1.29, 1.82) is 0 Å². The van der Waals surface area contributed by atoms with E-state index >= 15 is 0 Å². The van der Waals surface area contributed by atoms with E-state index in [9.17, 15) is 5.11 Å². The summed E-state index contributed by atoms with van der Waals surface area (Å²) in [6, 6.07) is 6.28. The van der Waals surface area contributed by atoms with Crippen molar-refractivity contribution >= 4 is 5.69 Å². The Morgan fingerprint density at radius 2 is 2.29 bits per heavy atom. The molecule has 0 saturated carbocycles. The van der Waals surface area contributed by atoms with Crippen LogP contribution < -0.4 is 15.0 Å². The third-order valence-electron chi connectivity index (χ3n) is 4.69. The number of hydrogen-bond donors (Lipinski definition) is 2. The van der Waals surface area contributed by atoms with Gasteiger partial charge < -0.3 is 20.1 Å². The van der Waals surface area contributed by atoms with E-state index in [1.165, 1.54) is 12.8 Å². The van der Waals surface area contributed by atoms with Gasteiger partial charge in [0, 0.05) is 13.1 Å². The molecule has 2 N–H and O–H groups in total. The lowest BCUT2D eigenvalue weighted by Crippen LogP contribution is -2.39. The number of nitrogens with zero attached hydrogens (tertiary/aromatic N) is 1. The van der Waals surface area contributed by atoms with Gasteiger partial charge in [0.05, 0.1) is 18.3 Å². The molecule has 1 fully saturated rings. The number of ether oxygens (including phenoxy) is 1. The standard InChI is InChI=1S/C17H26N2O2/c1-3-13-11-19(2)15-10-12(7-8-16(15)21-13)17(20)14-6-4-5-9-18-14/h7-8,10,13-14,17-18,20H,3-6,9,11H2,1-2H3. The number of fused-ring (bicyclic) bond motifs is 1. The van der Waals surface area contributed by atoms with Gasteiger partial charge in [-0.15, -0.1) is 0 Å². The van der Waals surface area contributed by atoms with Crippen molar-refractivity contribution in [2.24, 2.45) is 0 Å². The first-order valence-electron chi connectivity index (χ1n) is 8.12. The summed E-state index contributed by atoms with van der Waals surface area (Å²) >= 11 is 0. The number of aliphatic hydroxyl groups excluding tert-OH is 1. The summed E-state index contributed by atoms with van der Waals surface area (Å²) in [5, 5.41) is 14.0. The molecule has 0 spiro atoms. The van der Waals surface area contributed by atoms with Gasteiger partial charge in [-0.25, -0.2) is 0 Å². The third kappa shape index (κ3) is 3.01. The van der Waals surface area contributed by atoms with E-state index in [2.05, 4.69) is 30.3 Å². The largest absolute Gasteiger partial charge is 0.486 e. The lowest BCUT2D eigenvalue weighted by Gasteiger charge is -2.35. The fourth-order valence-electron chi connectivity index (χ4n) is 3.33. The lowest BCUT2D eigenvalue weighted by molar-refractivity contribution is 0.113. The van der Waals surface area contributed by atoms with Crippen LogP contribution in [0.2, 0.25) is 0 Å². The van der Waals surface area contributed by atoms with Crippen molar-refractivity contribution < 1.29 is 9.84 Å². The minimum absolute atomic E-state index is 0.176. The minimum Gasteiger partial charge on any atom is -0.486 e. The van der Waals surface area contributed by atoms with E-state index in [0.29, 0.717) is 0 Å². The van der Waals surface area contributed by atoms with E-state index in [1.807, 2.05) is 12.1 Å². The Hall–Kier alpha value is -1.26. The SMILES string of the molecule is CCC1CN(C)c2cc(C(O)C3CCCCN3)ccc2O1. The molecule has 2 aliphatic rings. The summed E-state index contributed by atoms with van der Waals surface area (Å²) in [5.74, 6) is 0.933. The molecule has 0 bridgehead atoms. The second kappa shape index (κ2) is 6.24. The van der Waals surface area contributed by atoms with Gasteiger partial charge in [0.15, 0.2) is 0 Å². The summed E-state index contributed by atoms with van der Waals surface area (Å²) in [6.07, 6.45) is 4.29. The fraction of sp³-hybridized carbons (Fsp3) is 0.647. The Morgan fingerprint density at radius 1 is 1.43 bits per heavy atom. The van der Waals surface area contributed by atoms with E-state index in [0.717, 1.165) is 42.9 Å². The molecular weight excluding hydrogens is 264 g/mol. The number of aliphatic hydroxyl groups is 1. The van der Waals surface area contributed by atoms with Crippen LogP contribution in [-0.4, -0.2) is 37.4 Å². The summed E-state index contributed by atoms with van der Waals surface area (Å²) < 4.78 is 5.99. The average Bonchev–Trinajstić information content (AvgIpc) is 2.54. The van der Waals surface area contributed by atoms with Crippen molar-refractivity contribution in [3.8, 4) is 5.75 Å². The molecule has 3 rings (SSSR count). The predicted molar refractivity (Wildman–Crippen MR) is 85.0 cm³/mol. The molecule has 4 heteroatoms. The Labute approximate surface area is 127 Å². The number of piperidine rings is 1. The first-order valence-corrected chi connectivity index (χ1v) is 8.12. The van der Waals surface area contributed by atoms with Gasteiger partial charge >= 0.3 is 0 Å². The van der Waals surface area contributed by atoms with Crippen LogP contribution >= 0.6 is 0 Å². The van der Waals surface area contributed by atoms with Gasteiger partial charge in [-0.3, -0.25) is 0 Å². The minimum atomic E-state index is -0.437. The zero-order valence-corrected chi connectivity index (χ0v) is 13.0. The normalized spacial score (nSPS) is 26.9. The van der Waals surface area contributed by atoms with Gasteiger partial charge in [0.2, 0.25) is 0 Å². The Balaban J connectivity index is 1.80. The first kappa shape index (κ1) is 14.7. The molecule has 4 nitrogen and oxygen atoms in total. The molecule has 21 heavy (non-hydrogen) atoms. The smallest absolute Gasteiger partial charge is 0.143 e. The molecule has 2 heterocycles. The van der Waals surface area contributed by atoms with Gasteiger partial charge in [0.1, 0.15) is 11.9 Å². The van der Waals surface area contributed by atoms with E-state index in [4.69, 9.17) is 4.74 Å². The molecule has 1 aromatic carbocycles. The highest BCUT2D eigenvalue weighted by Crippen LogP contribution is 2.36. The number of benzene rings is 1. The van der Waals surface area contributed by atoms with Crippen LogP contribution in [0.3, 0.4) is 0 Å². The molecule has 0 radical (unpaired) electrons. The van der Waals surface area contributed by atoms with Crippen LogP contribution in [0.1, 0.15) is 44.3 Å². The molecule has 2 aliphatic heterocycles. The van der Waals surface area contributed by atoms with E-state index in [1.54, 1.807) is 0 Å². The maximum Gasteiger partial charge on any atom is 0.143 e. The fourth-order valence-corrected chi connectivity index (χ4v) is 3.33. The third-order valence-corrected chi connectivity index (χ3v) is 4.69. The zero-order chi connectivity index (χ0) is 14.8. The second-order valence-electron chi connectivity index (χ2n) is 6.26. The monoisotopic (exact) mass is 290 g/mol. The van der Waals surface area contributed by atoms with Crippen LogP contribution in [0.15, 0.2) is 18.2 Å². The highest BCUT2D eigenvalue weighted by Gasteiger charge is 2.26. The Bertz CT molecular complexity index is 486. The molecule has 1 aromatic rings. The average molecular weight is 290 g/mol. The van der Waals surface area contributed by atoms with Crippen LogP contribution in [0.5, 0.6) is 5.75 Å². The van der Waals surface area contributed by atoms with Crippen molar-refractivity contribution in [2.75, 3.05) is 25.0 Å². The van der Waals surface area contributed by atoms with E-state index in [-0.39, 0.29) is 12.1 Å². The summed E-state index contributed by atoms with van der Waals surface area (Å²) in [4.78, 5) is 2.23. The van der Waals surface area contributed by atoms with Gasteiger partial charge in [-0.1, -0.05) is 19.4 Å². The van der Waals surface area contributed by atoms with Gasteiger partial charge in [-0.2, -0.15) is 0 Å². The molecular formula is C17H26N2O2. The van der Waals surface area contributed by atoms with E-state index < -0.39 is 6.10 Å². The zero-order valence-electron chi connectivity index (χ0n) is 13.0. The number of hydrogen-bond acceptors (Lipinski definition) is 4. The van der Waals surface area contributed by atoms with Gasteiger partial charge in [-0.05, 0) is 43.5 Å². The summed E-state index contributed by atoms with van der Waals surface area (Å²) in [6.45, 7) is 4.06.